The Labute approximate surface area is 155 Å². The Morgan fingerprint density at radius 3 is 2.32 bits per heavy atom. The van der Waals surface area contributed by atoms with Crippen LogP contribution in [0.2, 0.25) is 5.02 Å². The lowest BCUT2D eigenvalue weighted by Gasteiger charge is -2.13. The van der Waals surface area contributed by atoms with Gasteiger partial charge in [-0.05, 0) is 31.0 Å². The first-order chi connectivity index (χ1) is 12.0. The van der Waals surface area contributed by atoms with E-state index in [-0.39, 0.29) is 11.6 Å². The number of carbonyl (C=O) groups excluding carboxylic acids is 2. The van der Waals surface area contributed by atoms with Crippen LogP contribution in [0.3, 0.4) is 0 Å². The zero-order valence-corrected chi connectivity index (χ0v) is 15.8. The molecule has 0 heterocycles. The third-order valence-electron chi connectivity index (χ3n) is 4.18. The van der Waals surface area contributed by atoms with Crippen LogP contribution in [0.1, 0.15) is 64.4 Å². The lowest BCUT2D eigenvalue weighted by Crippen LogP contribution is -2.22. The van der Waals surface area contributed by atoms with Crippen LogP contribution in [-0.2, 0) is 9.59 Å². The predicted octanol–water partition coefficient (Wildman–Crippen LogP) is 5.12. The first kappa shape index (κ1) is 21.2. The van der Waals surface area contributed by atoms with Crippen molar-refractivity contribution in [2.45, 2.75) is 58.8 Å². The van der Waals surface area contributed by atoms with Gasteiger partial charge in [-0.15, -0.1) is 0 Å². The molecule has 5 heteroatoms. The van der Waals surface area contributed by atoms with E-state index in [1.165, 1.54) is 0 Å². The van der Waals surface area contributed by atoms with Crippen LogP contribution in [0.15, 0.2) is 18.2 Å². The molecule has 4 nitrogen and oxygen atoms in total. The molecule has 1 aromatic rings. The summed E-state index contributed by atoms with van der Waals surface area (Å²) in [4.78, 5) is 23.7. The number of hydrogen-bond donors (Lipinski definition) is 0. The van der Waals surface area contributed by atoms with Crippen LogP contribution in [0, 0.1) is 17.2 Å². The zero-order valence-electron chi connectivity index (χ0n) is 15.0. The number of rotatable bonds is 12. The number of Topliss-reactive ketones (excluding diaryl/α,β-unsaturated/α-hetero) is 2. The first-order valence-corrected chi connectivity index (χ1v) is 9.29. The van der Waals surface area contributed by atoms with E-state index in [1.54, 1.807) is 18.2 Å². The Balaban J connectivity index is 2.24. The fourth-order valence-corrected chi connectivity index (χ4v) is 2.90. The zero-order chi connectivity index (χ0) is 18.7. The Morgan fingerprint density at radius 1 is 1.12 bits per heavy atom. The molecule has 0 N–H and O–H groups in total. The third-order valence-corrected chi connectivity index (χ3v) is 4.48. The molecular formula is C20H26ClNO3. The molecule has 0 bridgehead atoms. The van der Waals surface area contributed by atoms with E-state index in [0.717, 1.165) is 25.7 Å². The lowest BCUT2D eigenvalue weighted by molar-refractivity contribution is -0.132. The van der Waals surface area contributed by atoms with Crippen molar-refractivity contribution in [3.63, 3.8) is 0 Å². The van der Waals surface area contributed by atoms with Crippen LogP contribution < -0.4 is 4.74 Å². The molecule has 0 spiro atoms. The van der Waals surface area contributed by atoms with Gasteiger partial charge in [-0.1, -0.05) is 44.7 Å². The predicted molar refractivity (Wildman–Crippen MR) is 98.8 cm³/mol. The molecule has 0 aliphatic carbocycles. The van der Waals surface area contributed by atoms with Crippen LogP contribution in [0.5, 0.6) is 5.75 Å². The van der Waals surface area contributed by atoms with Crippen LogP contribution in [0.4, 0.5) is 0 Å². The molecule has 25 heavy (non-hydrogen) atoms. The first-order valence-electron chi connectivity index (χ1n) is 8.91. The molecule has 0 aromatic heterocycles. The molecule has 1 rings (SSSR count). The van der Waals surface area contributed by atoms with Crippen molar-refractivity contribution in [1.29, 1.82) is 5.26 Å². The van der Waals surface area contributed by atoms with E-state index in [9.17, 15) is 9.59 Å². The van der Waals surface area contributed by atoms with Crippen molar-refractivity contribution in [1.82, 2.24) is 0 Å². The van der Waals surface area contributed by atoms with Gasteiger partial charge < -0.3 is 4.74 Å². The van der Waals surface area contributed by atoms with E-state index < -0.39 is 5.92 Å². The molecule has 0 saturated carbocycles. The van der Waals surface area contributed by atoms with Gasteiger partial charge in [0.05, 0.1) is 29.2 Å². The van der Waals surface area contributed by atoms with E-state index in [2.05, 4.69) is 0 Å². The van der Waals surface area contributed by atoms with E-state index >= 15 is 0 Å². The number of hydrogen-bond acceptors (Lipinski definition) is 4. The molecule has 0 amide bonds. The highest BCUT2D eigenvalue weighted by Crippen LogP contribution is 2.25. The summed E-state index contributed by atoms with van der Waals surface area (Å²) >= 11 is 6.05. The largest absolute Gasteiger partial charge is 0.492 e. The second kappa shape index (κ2) is 11.7. The van der Waals surface area contributed by atoms with Crippen molar-refractivity contribution < 1.29 is 14.3 Å². The number of ketones is 2. The molecular weight excluding hydrogens is 338 g/mol. The second-order valence-corrected chi connectivity index (χ2v) is 6.41. The van der Waals surface area contributed by atoms with Gasteiger partial charge >= 0.3 is 0 Å². The number of unbranched alkanes of at least 4 members (excludes halogenated alkanes) is 3. The average molecular weight is 364 g/mol. The van der Waals surface area contributed by atoms with Crippen LogP contribution >= 0.6 is 11.6 Å². The minimum absolute atomic E-state index is 0.0608. The summed E-state index contributed by atoms with van der Waals surface area (Å²) in [6.07, 6.45) is 5.20. The minimum Gasteiger partial charge on any atom is -0.492 e. The Kier molecular flexibility index (Phi) is 9.87. The summed E-state index contributed by atoms with van der Waals surface area (Å²) in [5.74, 6) is 0.294. The summed E-state index contributed by atoms with van der Waals surface area (Å²) < 4.78 is 5.63. The number of benzene rings is 1. The molecule has 0 unspecified atom stereocenters. The highest BCUT2D eigenvalue weighted by Gasteiger charge is 2.22. The molecule has 1 aromatic carbocycles. The van der Waals surface area contributed by atoms with Crippen molar-refractivity contribution in [3.8, 4) is 11.8 Å². The number of nitrogens with zero attached hydrogens (tertiary/aromatic N) is 1. The summed E-state index contributed by atoms with van der Waals surface area (Å²) in [6.45, 7) is 4.17. The molecule has 0 aliphatic heterocycles. The standard InChI is InChI=1S/C20H26ClNO3/c1-3-18(23)16(19(24)4-2)9-7-5-6-8-12-25-20-11-10-15(14-22)13-17(20)21/h10-11,13,16H,3-9,12H2,1-2H3. The molecule has 0 fully saturated rings. The van der Waals surface area contributed by atoms with Gasteiger partial charge in [0.25, 0.3) is 0 Å². The number of ether oxygens (including phenoxy) is 1. The van der Waals surface area contributed by atoms with Crippen molar-refractivity contribution in [3.05, 3.63) is 28.8 Å². The van der Waals surface area contributed by atoms with Gasteiger partial charge in [-0.25, -0.2) is 0 Å². The summed E-state index contributed by atoms with van der Waals surface area (Å²) in [7, 11) is 0. The van der Waals surface area contributed by atoms with Gasteiger partial charge in [0.15, 0.2) is 0 Å². The monoisotopic (exact) mass is 363 g/mol. The highest BCUT2D eigenvalue weighted by molar-refractivity contribution is 6.32. The Morgan fingerprint density at radius 2 is 1.76 bits per heavy atom. The highest BCUT2D eigenvalue weighted by atomic mass is 35.5. The number of halogens is 1. The molecule has 136 valence electrons. The maximum atomic E-state index is 11.8. The van der Waals surface area contributed by atoms with E-state index in [0.29, 0.717) is 42.2 Å². The van der Waals surface area contributed by atoms with Gasteiger partial charge in [0.1, 0.15) is 17.3 Å². The van der Waals surface area contributed by atoms with Gasteiger partial charge in [0.2, 0.25) is 0 Å². The smallest absolute Gasteiger partial charge is 0.143 e. The van der Waals surface area contributed by atoms with Gasteiger partial charge in [-0.2, -0.15) is 5.26 Å². The normalized spacial score (nSPS) is 10.5. The SMILES string of the molecule is CCC(=O)C(CCCCCCOc1ccc(C#N)cc1Cl)C(=O)CC. The minimum atomic E-state index is -0.413. The van der Waals surface area contributed by atoms with Crippen molar-refractivity contribution in [2.75, 3.05) is 6.61 Å². The van der Waals surface area contributed by atoms with Gasteiger partial charge in [0, 0.05) is 12.8 Å². The summed E-state index contributed by atoms with van der Waals surface area (Å²) in [6, 6.07) is 7.00. The number of carbonyl (C=O) groups is 2. The fourth-order valence-electron chi connectivity index (χ4n) is 2.67. The Hall–Kier alpha value is -1.86. The molecule has 0 radical (unpaired) electrons. The molecule has 0 aliphatic rings. The Bertz CT molecular complexity index is 606. The van der Waals surface area contributed by atoms with E-state index in [4.69, 9.17) is 21.6 Å². The maximum Gasteiger partial charge on any atom is 0.143 e. The maximum absolute atomic E-state index is 11.8. The van der Waals surface area contributed by atoms with Crippen LogP contribution in [-0.4, -0.2) is 18.2 Å². The van der Waals surface area contributed by atoms with Crippen molar-refractivity contribution in [2.24, 2.45) is 5.92 Å². The third kappa shape index (κ3) is 7.27. The average Bonchev–Trinajstić information content (AvgIpc) is 2.63. The van der Waals surface area contributed by atoms with Crippen molar-refractivity contribution >= 4 is 23.2 Å². The summed E-state index contributed by atoms with van der Waals surface area (Å²) in [5.41, 5.74) is 0.509. The summed E-state index contributed by atoms with van der Waals surface area (Å²) in [5, 5.41) is 9.24. The topological polar surface area (TPSA) is 67.2 Å². The lowest BCUT2D eigenvalue weighted by atomic mass is 9.90. The van der Waals surface area contributed by atoms with E-state index in [1.807, 2.05) is 19.9 Å². The fraction of sp³-hybridized carbons (Fsp3) is 0.550. The quantitative estimate of drug-likeness (QED) is 0.382. The molecule has 0 atom stereocenters. The number of nitriles is 1. The second-order valence-electron chi connectivity index (χ2n) is 6.00. The van der Waals surface area contributed by atoms with Gasteiger partial charge in [-0.3, -0.25) is 9.59 Å². The van der Waals surface area contributed by atoms with Crippen LogP contribution in [0.25, 0.3) is 0 Å². The molecule has 0 saturated heterocycles.